The number of aryl methyl sites for hydroxylation is 1. The lowest BCUT2D eigenvalue weighted by Gasteiger charge is -2.25. The zero-order chi connectivity index (χ0) is 31.3. The van der Waals surface area contributed by atoms with E-state index in [1.165, 1.54) is 17.0 Å². The van der Waals surface area contributed by atoms with E-state index in [1.807, 2.05) is 6.07 Å². The lowest BCUT2D eigenvalue weighted by Crippen LogP contribution is -2.19. The van der Waals surface area contributed by atoms with Crippen molar-refractivity contribution in [2.24, 2.45) is 0 Å². The molecule has 4 aromatic carbocycles. The highest BCUT2D eigenvalue weighted by Crippen LogP contribution is 2.45. The fourth-order valence-corrected chi connectivity index (χ4v) is 4.66. The van der Waals surface area contributed by atoms with Crippen molar-refractivity contribution < 1.29 is 32.2 Å². The molecule has 6 nitrogen and oxygen atoms in total. The topological polar surface area (TPSA) is 59.1 Å². The van der Waals surface area contributed by atoms with Crippen LogP contribution in [0.1, 0.15) is 43.0 Å². The van der Waals surface area contributed by atoms with Crippen molar-refractivity contribution in [2.75, 3.05) is 38.0 Å². The SMILES string of the molecule is Cc1cc(N(C)C)cc(C(=O)OCc2ccccc2)c1-c1c(C(=O)OCc2ccccc2)cc(N(C)C)cc1C(F)(F)F. The number of hydrogen-bond donors (Lipinski definition) is 0. The minimum absolute atomic E-state index is 0.0482. The summed E-state index contributed by atoms with van der Waals surface area (Å²) in [6, 6.07) is 23.3. The molecule has 0 unspecified atom stereocenters. The summed E-state index contributed by atoms with van der Waals surface area (Å²) in [6.07, 6.45) is -4.87. The third kappa shape index (κ3) is 7.35. The van der Waals surface area contributed by atoms with Crippen LogP contribution in [0.15, 0.2) is 84.9 Å². The molecule has 0 spiro atoms. The summed E-state index contributed by atoms with van der Waals surface area (Å²) in [5.74, 6) is -1.77. The van der Waals surface area contributed by atoms with E-state index in [0.29, 0.717) is 16.8 Å². The largest absolute Gasteiger partial charge is 0.457 e. The van der Waals surface area contributed by atoms with Crippen LogP contribution in [0.5, 0.6) is 0 Å². The Morgan fingerprint density at radius 1 is 0.651 bits per heavy atom. The normalized spacial score (nSPS) is 11.2. The second-order valence-corrected chi connectivity index (χ2v) is 10.5. The van der Waals surface area contributed by atoms with Crippen molar-refractivity contribution in [3.63, 3.8) is 0 Å². The molecule has 224 valence electrons. The number of carbonyl (C=O) groups is 2. The Morgan fingerprint density at radius 2 is 1.07 bits per heavy atom. The third-order valence-electron chi connectivity index (χ3n) is 6.90. The number of ether oxygens (including phenoxy) is 2. The number of halogens is 3. The lowest BCUT2D eigenvalue weighted by molar-refractivity contribution is -0.137. The van der Waals surface area contributed by atoms with Crippen molar-refractivity contribution >= 4 is 23.3 Å². The molecule has 0 bridgehead atoms. The molecular weight excluding hydrogens is 557 g/mol. The molecule has 0 N–H and O–H groups in total. The maximum atomic E-state index is 14.8. The first-order valence-electron chi connectivity index (χ1n) is 13.5. The minimum Gasteiger partial charge on any atom is -0.457 e. The second-order valence-electron chi connectivity index (χ2n) is 10.5. The second kappa shape index (κ2) is 13.0. The summed E-state index contributed by atoms with van der Waals surface area (Å²) in [5, 5.41) is 0. The summed E-state index contributed by atoms with van der Waals surface area (Å²) in [7, 11) is 6.68. The number of carbonyl (C=O) groups excluding carboxylic acids is 2. The Kier molecular flexibility index (Phi) is 9.43. The van der Waals surface area contributed by atoms with Gasteiger partial charge in [-0.3, -0.25) is 0 Å². The van der Waals surface area contributed by atoms with Gasteiger partial charge in [0.2, 0.25) is 0 Å². The van der Waals surface area contributed by atoms with Crippen LogP contribution in [0.2, 0.25) is 0 Å². The molecule has 0 fully saturated rings. The van der Waals surface area contributed by atoms with Crippen LogP contribution >= 0.6 is 0 Å². The number of alkyl halides is 3. The Morgan fingerprint density at radius 3 is 1.49 bits per heavy atom. The number of benzene rings is 4. The van der Waals surface area contributed by atoms with Crippen LogP contribution in [0.25, 0.3) is 11.1 Å². The Hall–Kier alpha value is -4.79. The van der Waals surface area contributed by atoms with Crippen LogP contribution in [0, 0.1) is 6.92 Å². The molecule has 0 aromatic heterocycles. The van der Waals surface area contributed by atoms with Gasteiger partial charge >= 0.3 is 18.1 Å². The van der Waals surface area contributed by atoms with Crippen LogP contribution < -0.4 is 9.80 Å². The standard InChI is InChI=1S/C34H33F3N2O4/c1-22-16-25(38(2)3)17-27(32(40)42-20-23-12-8-6-9-13-23)30(22)31-28(33(41)43-21-24-14-10-7-11-15-24)18-26(39(4)5)19-29(31)34(35,36)37/h6-19H,20-21H2,1-5H3. The van der Waals surface area contributed by atoms with Crippen molar-refractivity contribution in [3.05, 3.63) is 118 Å². The predicted molar refractivity (Wildman–Crippen MR) is 161 cm³/mol. The number of hydrogen-bond acceptors (Lipinski definition) is 6. The van der Waals surface area contributed by atoms with E-state index >= 15 is 0 Å². The van der Waals surface area contributed by atoms with Crippen molar-refractivity contribution in [3.8, 4) is 11.1 Å². The summed E-state index contributed by atoms with van der Waals surface area (Å²) in [5.41, 5.74) is 0.522. The molecule has 0 aliphatic carbocycles. The maximum Gasteiger partial charge on any atom is 0.417 e. The quantitative estimate of drug-likeness (QED) is 0.188. The van der Waals surface area contributed by atoms with Gasteiger partial charge in [-0.05, 0) is 47.9 Å². The number of esters is 2. The van der Waals surface area contributed by atoms with E-state index in [4.69, 9.17) is 9.47 Å². The molecule has 0 aliphatic rings. The zero-order valence-electron chi connectivity index (χ0n) is 24.7. The van der Waals surface area contributed by atoms with E-state index in [2.05, 4.69) is 0 Å². The van der Waals surface area contributed by atoms with Gasteiger partial charge in [0.15, 0.2) is 0 Å². The Balaban J connectivity index is 1.94. The van der Waals surface area contributed by atoms with Crippen molar-refractivity contribution in [1.29, 1.82) is 0 Å². The lowest BCUT2D eigenvalue weighted by atomic mass is 9.86. The molecule has 0 saturated carbocycles. The van der Waals surface area contributed by atoms with Gasteiger partial charge in [0.25, 0.3) is 0 Å². The molecule has 0 aliphatic heterocycles. The van der Waals surface area contributed by atoms with Gasteiger partial charge in [-0.25, -0.2) is 9.59 Å². The van der Waals surface area contributed by atoms with Gasteiger partial charge in [0.05, 0.1) is 16.7 Å². The molecule has 9 heteroatoms. The van der Waals surface area contributed by atoms with Crippen molar-refractivity contribution in [1.82, 2.24) is 0 Å². The van der Waals surface area contributed by atoms with Gasteiger partial charge in [-0.2, -0.15) is 13.2 Å². The first-order chi connectivity index (χ1) is 20.4. The van der Waals surface area contributed by atoms with Gasteiger partial charge in [0, 0.05) is 50.7 Å². The van der Waals surface area contributed by atoms with Gasteiger partial charge < -0.3 is 19.3 Å². The number of anilines is 2. The molecule has 4 rings (SSSR count). The predicted octanol–water partition coefficient (Wildman–Crippen LogP) is 7.53. The Bertz CT molecular complexity index is 1600. The first-order valence-corrected chi connectivity index (χ1v) is 13.5. The third-order valence-corrected chi connectivity index (χ3v) is 6.90. The molecule has 0 amide bonds. The summed E-state index contributed by atoms with van der Waals surface area (Å²) >= 11 is 0. The number of rotatable bonds is 9. The minimum atomic E-state index is -4.87. The van der Waals surface area contributed by atoms with Crippen molar-refractivity contribution in [2.45, 2.75) is 26.3 Å². The molecular formula is C34H33F3N2O4. The summed E-state index contributed by atoms with van der Waals surface area (Å²) in [6.45, 7) is 1.38. The molecule has 0 heterocycles. The fourth-order valence-electron chi connectivity index (χ4n) is 4.66. The maximum absolute atomic E-state index is 14.8. The van der Waals surface area contributed by atoms with E-state index in [1.54, 1.807) is 101 Å². The highest BCUT2D eigenvalue weighted by Gasteiger charge is 2.39. The van der Waals surface area contributed by atoms with Crippen LogP contribution in [-0.4, -0.2) is 40.1 Å². The highest BCUT2D eigenvalue weighted by atomic mass is 19.4. The molecule has 0 atom stereocenters. The van der Waals surface area contributed by atoms with Gasteiger partial charge in [-0.1, -0.05) is 60.7 Å². The summed E-state index contributed by atoms with van der Waals surface area (Å²) in [4.78, 5) is 30.4. The zero-order valence-corrected chi connectivity index (χ0v) is 24.7. The van der Waals surface area contributed by atoms with E-state index in [9.17, 15) is 22.8 Å². The summed E-state index contributed by atoms with van der Waals surface area (Å²) < 4.78 is 55.6. The fraction of sp³-hybridized carbons (Fsp3) is 0.235. The van der Waals surface area contributed by atoms with E-state index in [-0.39, 0.29) is 35.6 Å². The van der Waals surface area contributed by atoms with Crippen LogP contribution in [-0.2, 0) is 28.9 Å². The molecule has 4 aromatic rings. The molecule has 0 saturated heterocycles. The van der Waals surface area contributed by atoms with Crippen LogP contribution in [0.4, 0.5) is 24.5 Å². The average molecular weight is 591 g/mol. The van der Waals surface area contributed by atoms with Crippen LogP contribution in [0.3, 0.4) is 0 Å². The molecule has 0 radical (unpaired) electrons. The highest BCUT2D eigenvalue weighted by molar-refractivity contribution is 6.06. The average Bonchev–Trinajstić information content (AvgIpc) is 2.98. The van der Waals surface area contributed by atoms with E-state index in [0.717, 1.165) is 11.6 Å². The smallest absolute Gasteiger partial charge is 0.417 e. The first kappa shape index (κ1) is 31.2. The monoisotopic (exact) mass is 590 g/mol. The Labute approximate surface area is 249 Å². The van der Waals surface area contributed by atoms with Gasteiger partial charge in [-0.15, -0.1) is 0 Å². The number of nitrogens with zero attached hydrogens (tertiary/aromatic N) is 2. The van der Waals surface area contributed by atoms with Gasteiger partial charge in [0.1, 0.15) is 13.2 Å². The van der Waals surface area contributed by atoms with E-state index < -0.39 is 29.2 Å². The molecule has 43 heavy (non-hydrogen) atoms.